The first-order valence-electron chi connectivity index (χ1n) is 5.87. The summed E-state index contributed by atoms with van der Waals surface area (Å²) in [7, 11) is 0. The van der Waals surface area contributed by atoms with Crippen molar-refractivity contribution < 1.29 is 4.74 Å². The number of hydrogen-bond donors (Lipinski definition) is 1. The van der Waals surface area contributed by atoms with Crippen LogP contribution in [0.5, 0.6) is 0 Å². The van der Waals surface area contributed by atoms with E-state index in [4.69, 9.17) is 16.3 Å². The van der Waals surface area contributed by atoms with Crippen LogP contribution < -0.4 is 5.32 Å². The molecule has 1 aliphatic heterocycles. The normalized spacial score (nSPS) is 19.1. The molecule has 1 aliphatic rings. The van der Waals surface area contributed by atoms with Gasteiger partial charge in [0.05, 0.1) is 18.3 Å². The fraction of sp³-hybridized carbons (Fsp3) is 0.308. The van der Waals surface area contributed by atoms with Gasteiger partial charge in [0, 0.05) is 22.6 Å². The van der Waals surface area contributed by atoms with Crippen LogP contribution in [0, 0.1) is 0 Å². The topological polar surface area (TPSA) is 34.1 Å². The molecule has 1 unspecified atom stereocenters. The van der Waals surface area contributed by atoms with Gasteiger partial charge >= 0.3 is 0 Å². The van der Waals surface area contributed by atoms with E-state index in [1.807, 2.05) is 29.6 Å². The molecule has 1 aromatic carbocycles. The lowest BCUT2D eigenvalue weighted by Gasteiger charge is -2.07. The minimum absolute atomic E-state index is 0.384. The third-order valence-corrected chi connectivity index (χ3v) is 4.01. The Morgan fingerprint density at radius 3 is 3.06 bits per heavy atom. The summed E-state index contributed by atoms with van der Waals surface area (Å²) in [5.41, 5.74) is 1.90. The zero-order valence-electron chi connectivity index (χ0n) is 9.73. The third-order valence-electron chi connectivity index (χ3n) is 2.91. The number of anilines is 1. The summed E-state index contributed by atoms with van der Waals surface area (Å²) >= 11 is 7.77. The summed E-state index contributed by atoms with van der Waals surface area (Å²) in [4.78, 5) is 4.57. The van der Waals surface area contributed by atoms with Crippen molar-refractivity contribution in [2.75, 3.05) is 18.5 Å². The van der Waals surface area contributed by atoms with Crippen LogP contribution >= 0.6 is 22.9 Å². The lowest BCUT2D eigenvalue weighted by Crippen LogP contribution is -2.18. The molecule has 3 nitrogen and oxygen atoms in total. The second-order valence-corrected chi connectivity index (χ2v) is 5.49. The van der Waals surface area contributed by atoms with E-state index >= 15 is 0 Å². The Morgan fingerprint density at radius 2 is 2.28 bits per heavy atom. The molecular formula is C13H13ClN2OS. The van der Waals surface area contributed by atoms with Gasteiger partial charge in [-0.15, -0.1) is 11.3 Å². The molecule has 0 amide bonds. The van der Waals surface area contributed by atoms with Crippen LogP contribution in [0.15, 0.2) is 29.6 Å². The van der Waals surface area contributed by atoms with Gasteiger partial charge in [-0.1, -0.05) is 29.8 Å². The summed E-state index contributed by atoms with van der Waals surface area (Å²) in [5, 5.41) is 7.08. The van der Waals surface area contributed by atoms with E-state index in [1.165, 1.54) is 0 Å². The van der Waals surface area contributed by atoms with Crippen LogP contribution in [0.1, 0.15) is 6.42 Å². The molecule has 0 spiro atoms. The Labute approximate surface area is 115 Å². The molecule has 1 saturated heterocycles. The number of benzene rings is 1. The number of hydrogen-bond acceptors (Lipinski definition) is 4. The highest BCUT2D eigenvalue weighted by atomic mass is 35.5. The van der Waals surface area contributed by atoms with Crippen molar-refractivity contribution in [2.45, 2.75) is 12.5 Å². The Balaban J connectivity index is 1.79. The Bertz CT molecular complexity index is 537. The molecule has 3 rings (SSSR count). The Kier molecular flexibility index (Phi) is 3.50. The number of aromatic nitrogens is 1. The van der Waals surface area contributed by atoms with Gasteiger partial charge in [0.2, 0.25) is 0 Å². The highest BCUT2D eigenvalue weighted by Gasteiger charge is 2.17. The fourth-order valence-corrected chi connectivity index (χ4v) is 2.98. The van der Waals surface area contributed by atoms with E-state index in [2.05, 4.69) is 10.3 Å². The molecule has 1 N–H and O–H groups in total. The molecular weight excluding hydrogens is 268 g/mol. The number of halogens is 1. The Hall–Kier alpha value is -1.10. The summed E-state index contributed by atoms with van der Waals surface area (Å²) < 4.78 is 5.33. The highest BCUT2D eigenvalue weighted by Crippen LogP contribution is 2.30. The van der Waals surface area contributed by atoms with Gasteiger partial charge < -0.3 is 10.1 Å². The second kappa shape index (κ2) is 5.26. The molecule has 1 aromatic heterocycles. The fourth-order valence-electron chi connectivity index (χ4n) is 1.96. The first kappa shape index (κ1) is 12.0. The van der Waals surface area contributed by atoms with Crippen molar-refractivity contribution in [3.8, 4) is 11.3 Å². The van der Waals surface area contributed by atoms with Gasteiger partial charge in [-0.05, 0) is 12.5 Å². The summed E-state index contributed by atoms with van der Waals surface area (Å²) in [6.45, 7) is 1.60. The molecule has 2 aromatic rings. The van der Waals surface area contributed by atoms with Gasteiger partial charge in [0.15, 0.2) is 5.13 Å². The number of nitrogens with one attached hydrogen (secondary N) is 1. The molecule has 0 saturated carbocycles. The molecule has 2 heterocycles. The number of nitrogens with zero attached hydrogens (tertiary/aromatic N) is 1. The first-order valence-corrected chi connectivity index (χ1v) is 7.13. The largest absolute Gasteiger partial charge is 0.379 e. The third kappa shape index (κ3) is 2.51. The van der Waals surface area contributed by atoms with Crippen LogP contribution in [-0.2, 0) is 4.74 Å². The van der Waals surface area contributed by atoms with E-state index in [0.29, 0.717) is 6.04 Å². The van der Waals surface area contributed by atoms with Gasteiger partial charge in [-0.3, -0.25) is 0 Å². The minimum Gasteiger partial charge on any atom is -0.379 e. The molecule has 94 valence electrons. The summed E-state index contributed by atoms with van der Waals surface area (Å²) in [6, 6.07) is 8.15. The van der Waals surface area contributed by atoms with Crippen molar-refractivity contribution in [1.29, 1.82) is 0 Å². The maximum absolute atomic E-state index is 6.16. The molecule has 0 aliphatic carbocycles. The molecule has 0 radical (unpaired) electrons. The number of rotatable bonds is 3. The van der Waals surface area contributed by atoms with E-state index in [-0.39, 0.29) is 0 Å². The van der Waals surface area contributed by atoms with E-state index in [1.54, 1.807) is 11.3 Å². The smallest absolute Gasteiger partial charge is 0.183 e. The molecule has 1 fully saturated rings. The highest BCUT2D eigenvalue weighted by molar-refractivity contribution is 7.14. The van der Waals surface area contributed by atoms with Gasteiger partial charge in [0.1, 0.15) is 0 Å². The maximum Gasteiger partial charge on any atom is 0.183 e. The number of thiazole rings is 1. The quantitative estimate of drug-likeness (QED) is 0.932. The van der Waals surface area contributed by atoms with E-state index < -0.39 is 0 Å². The average molecular weight is 281 g/mol. The second-order valence-electron chi connectivity index (χ2n) is 4.22. The van der Waals surface area contributed by atoms with E-state index in [9.17, 15) is 0 Å². The summed E-state index contributed by atoms with van der Waals surface area (Å²) in [5.74, 6) is 0. The van der Waals surface area contributed by atoms with Crippen molar-refractivity contribution in [1.82, 2.24) is 4.98 Å². The maximum atomic E-state index is 6.16. The monoisotopic (exact) mass is 280 g/mol. The zero-order chi connectivity index (χ0) is 12.4. The SMILES string of the molecule is Clc1ccccc1-c1csc(NC2CCOC2)n1. The van der Waals surface area contributed by atoms with Gasteiger partial charge in [0.25, 0.3) is 0 Å². The van der Waals surface area contributed by atoms with Crippen LogP contribution in [0.3, 0.4) is 0 Å². The van der Waals surface area contributed by atoms with Crippen LogP contribution in [0.2, 0.25) is 5.02 Å². The van der Waals surface area contributed by atoms with Crippen LogP contribution in [0.25, 0.3) is 11.3 Å². The van der Waals surface area contributed by atoms with Crippen LogP contribution in [0.4, 0.5) is 5.13 Å². The van der Waals surface area contributed by atoms with Gasteiger partial charge in [-0.25, -0.2) is 4.98 Å². The lowest BCUT2D eigenvalue weighted by atomic mass is 10.2. The molecule has 0 bridgehead atoms. The lowest BCUT2D eigenvalue weighted by molar-refractivity contribution is 0.195. The standard InChI is InChI=1S/C13H13ClN2OS/c14-11-4-2-1-3-10(11)12-8-18-13(16-12)15-9-5-6-17-7-9/h1-4,8-9H,5-7H2,(H,15,16). The predicted molar refractivity (Wildman–Crippen MR) is 75.4 cm³/mol. The van der Waals surface area contributed by atoms with Crippen molar-refractivity contribution in [3.63, 3.8) is 0 Å². The average Bonchev–Trinajstić information content (AvgIpc) is 3.02. The van der Waals surface area contributed by atoms with Crippen LogP contribution in [-0.4, -0.2) is 24.2 Å². The minimum atomic E-state index is 0.384. The predicted octanol–water partition coefficient (Wildman–Crippen LogP) is 3.66. The van der Waals surface area contributed by atoms with E-state index in [0.717, 1.165) is 41.0 Å². The Morgan fingerprint density at radius 1 is 1.39 bits per heavy atom. The van der Waals surface area contributed by atoms with Crippen molar-refractivity contribution in [3.05, 3.63) is 34.7 Å². The van der Waals surface area contributed by atoms with Gasteiger partial charge in [-0.2, -0.15) is 0 Å². The zero-order valence-corrected chi connectivity index (χ0v) is 11.3. The first-order chi connectivity index (χ1) is 8.83. The molecule has 18 heavy (non-hydrogen) atoms. The molecule has 1 atom stereocenters. The summed E-state index contributed by atoms with van der Waals surface area (Å²) in [6.07, 6.45) is 1.04. The van der Waals surface area contributed by atoms with Crippen molar-refractivity contribution >= 4 is 28.1 Å². The van der Waals surface area contributed by atoms with Crippen molar-refractivity contribution in [2.24, 2.45) is 0 Å². The molecule has 5 heteroatoms. The number of ether oxygens (including phenoxy) is 1.